The van der Waals surface area contributed by atoms with Gasteiger partial charge in [0.1, 0.15) is 5.78 Å². The largest absolute Gasteiger partial charge is 0.299 e. The van der Waals surface area contributed by atoms with Crippen molar-refractivity contribution in [1.82, 2.24) is 4.90 Å². The first-order chi connectivity index (χ1) is 11.2. The number of aryl methyl sites for hydroxylation is 1. The maximum atomic E-state index is 12.5. The Morgan fingerprint density at radius 1 is 1.26 bits per heavy atom. The van der Waals surface area contributed by atoms with E-state index in [9.17, 15) is 4.79 Å². The van der Waals surface area contributed by atoms with Crippen molar-refractivity contribution in [3.8, 4) is 0 Å². The van der Waals surface area contributed by atoms with Crippen LogP contribution in [-0.2, 0) is 11.2 Å². The van der Waals surface area contributed by atoms with E-state index in [2.05, 4.69) is 53.7 Å². The molecule has 1 aromatic rings. The van der Waals surface area contributed by atoms with Crippen LogP contribution in [0.15, 0.2) is 47.4 Å². The predicted molar refractivity (Wildman–Crippen MR) is 97.9 cm³/mol. The van der Waals surface area contributed by atoms with Crippen LogP contribution in [-0.4, -0.2) is 30.3 Å². The molecule has 122 valence electrons. The van der Waals surface area contributed by atoms with Crippen LogP contribution in [0.1, 0.15) is 29.7 Å². The molecule has 1 saturated heterocycles. The van der Waals surface area contributed by atoms with Crippen LogP contribution >= 0.6 is 11.3 Å². The van der Waals surface area contributed by atoms with Gasteiger partial charge in [0.25, 0.3) is 0 Å². The molecule has 0 atom stereocenters. The van der Waals surface area contributed by atoms with E-state index in [-0.39, 0.29) is 5.92 Å². The van der Waals surface area contributed by atoms with Crippen LogP contribution in [0, 0.1) is 12.8 Å². The van der Waals surface area contributed by atoms with Crippen LogP contribution in [0.4, 0.5) is 0 Å². The first-order valence-electron chi connectivity index (χ1n) is 8.51. The van der Waals surface area contributed by atoms with Gasteiger partial charge >= 0.3 is 0 Å². The monoisotopic (exact) mass is 327 g/mol. The number of ketones is 1. The fraction of sp³-hybridized carbons (Fsp3) is 0.450. The summed E-state index contributed by atoms with van der Waals surface area (Å²) in [6, 6.07) is 2.11. The Kier molecular flexibility index (Phi) is 5.63. The third-order valence-corrected chi connectivity index (χ3v) is 5.87. The smallest absolute Gasteiger partial charge is 0.141 e. The average Bonchev–Trinajstić information content (AvgIpc) is 2.80. The molecule has 2 nitrogen and oxygen atoms in total. The van der Waals surface area contributed by atoms with Crippen LogP contribution in [0.25, 0.3) is 0 Å². The van der Waals surface area contributed by atoms with E-state index in [1.165, 1.54) is 16.0 Å². The van der Waals surface area contributed by atoms with E-state index in [4.69, 9.17) is 0 Å². The lowest BCUT2D eigenvalue weighted by Crippen LogP contribution is -2.37. The summed E-state index contributed by atoms with van der Waals surface area (Å²) in [6.45, 7) is 5.24. The number of piperidine rings is 1. The van der Waals surface area contributed by atoms with Crippen molar-refractivity contribution in [2.75, 3.05) is 19.6 Å². The van der Waals surface area contributed by atoms with Gasteiger partial charge in [-0.3, -0.25) is 9.69 Å². The number of rotatable bonds is 5. The summed E-state index contributed by atoms with van der Waals surface area (Å²) in [6.07, 6.45) is 14.5. The average molecular weight is 327 g/mol. The molecule has 2 heterocycles. The highest BCUT2D eigenvalue weighted by Crippen LogP contribution is 2.24. The summed E-state index contributed by atoms with van der Waals surface area (Å²) in [4.78, 5) is 16.3. The molecule has 3 heteroatoms. The van der Waals surface area contributed by atoms with Crippen molar-refractivity contribution in [2.45, 2.75) is 32.6 Å². The minimum absolute atomic E-state index is 0.260. The first-order valence-corrected chi connectivity index (χ1v) is 9.39. The molecule has 3 rings (SSSR count). The summed E-state index contributed by atoms with van der Waals surface area (Å²) in [7, 11) is 0. The quantitative estimate of drug-likeness (QED) is 0.802. The van der Waals surface area contributed by atoms with E-state index in [1.807, 2.05) is 0 Å². The highest BCUT2D eigenvalue weighted by Gasteiger charge is 2.25. The van der Waals surface area contributed by atoms with Crippen LogP contribution in [0.3, 0.4) is 0 Å². The summed E-state index contributed by atoms with van der Waals surface area (Å²) >= 11 is 1.72. The van der Waals surface area contributed by atoms with Gasteiger partial charge in [0, 0.05) is 23.8 Å². The molecule has 0 unspecified atom stereocenters. The Bertz CT molecular complexity index is 630. The number of likely N-dealkylation sites (tertiary alicyclic amines) is 1. The zero-order valence-electron chi connectivity index (χ0n) is 13.8. The molecular weight excluding hydrogens is 302 g/mol. The van der Waals surface area contributed by atoms with Crippen molar-refractivity contribution in [1.29, 1.82) is 0 Å². The standard InChI is InChI=1S/C20H25NOS/c1-16-10-13-23-20(16)14-19(22)18-8-11-21(12-9-18)15-17-6-4-2-3-5-7-17/h2-6,10,13,18H,7-9,11-12,14-15H2,1H3. The molecular formula is C20H25NOS. The van der Waals surface area contributed by atoms with Crippen molar-refractivity contribution >= 4 is 17.1 Å². The Labute approximate surface area is 143 Å². The highest BCUT2D eigenvalue weighted by atomic mass is 32.1. The fourth-order valence-corrected chi connectivity index (χ4v) is 4.24. The van der Waals surface area contributed by atoms with Gasteiger partial charge < -0.3 is 0 Å². The zero-order chi connectivity index (χ0) is 16.1. The highest BCUT2D eigenvalue weighted by molar-refractivity contribution is 7.10. The fourth-order valence-electron chi connectivity index (χ4n) is 3.33. The summed E-state index contributed by atoms with van der Waals surface area (Å²) in [5.41, 5.74) is 2.73. The van der Waals surface area contributed by atoms with E-state index in [0.717, 1.165) is 38.9 Å². The van der Waals surface area contributed by atoms with E-state index in [1.54, 1.807) is 11.3 Å². The number of allylic oxidation sites excluding steroid dienone is 5. The number of carbonyl (C=O) groups excluding carboxylic acids is 1. The van der Waals surface area contributed by atoms with Gasteiger partial charge in [0.05, 0.1) is 0 Å². The maximum Gasteiger partial charge on any atom is 0.141 e. The Morgan fingerprint density at radius 2 is 2.09 bits per heavy atom. The zero-order valence-corrected chi connectivity index (χ0v) is 14.6. The Morgan fingerprint density at radius 3 is 2.83 bits per heavy atom. The molecule has 0 N–H and O–H groups in total. The Hall–Kier alpha value is -1.45. The number of thiophene rings is 1. The van der Waals surface area contributed by atoms with Gasteiger partial charge in [-0.1, -0.05) is 36.0 Å². The predicted octanol–water partition coefficient (Wildman–Crippen LogP) is 4.32. The molecule has 1 fully saturated rings. The Balaban J connectivity index is 1.47. The van der Waals surface area contributed by atoms with Crippen molar-refractivity contribution in [3.63, 3.8) is 0 Å². The van der Waals surface area contributed by atoms with Gasteiger partial charge in [0.2, 0.25) is 0 Å². The van der Waals surface area contributed by atoms with E-state index in [0.29, 0.717) is 12.2 Å². The van der Waals surface area contributed by atoms with E-state index >= 15 is 0 Å². The minimum Gasteiger partial charge on any atom is -0.299 e. The lowest BCUT2D eigenvalue weighted by Gasteiger charge is -2.31. The molecule has 0 spiro atoms. The molecule has 0 radical (unpaired) electrons. The third-order valence-electron chi connectivity index (χ3n) is 4.84. The molecule has 23 heavy (non-hydrogen) atoms. The number of hydrogen-bond acceptors (Lipinski definition) is 3. The normalized spacial score (nSPS) is 19.6. The second-order valence-electron chi connectivity index (χ2n) is 6.56. The molecule has 2 aliphatic rings. The van der Waals surface area contributed by atoms with Gasteiger partial charge in [-0.2, -0.15) is 0 Å². The molecule has 0 aromatic carbocycles. The SMILES string of the molecule is Cc1ccsc1CC(=O)C1CCN(CC2=CC=CC=CC2)CC1. The number of nitrogens with zero attached hydrogens (tertiary/aromatic N) is 1. The second-order valence-corrected chi connectivity index (χ2v) is 7.56. The van der Waals surface area contributed by atoms with Crippen molar-refractivity contribution in [3.05, 3.63) is 57.8 Å². The van der Waals surface area contributed by atoms with Crippen LogP contribution < -0.4 is 0 Å². The van der Waals surface area contributed by atoms with Gasteiger partial charge in [-0.15, -0.1) is 11.3 Å². The van der Waals surface area contributed by atoms with Gasteiger partial charge in [-0.05, 0) is 56.3 Å². The van der Waals surface area contributed by atoms with E-state index < -0.39 is 0 Å². The van der Waals surface area contributed by atoms with Crippen molar-refractivity contribution < 1.29 is 4.79 Å². The van der Waals surface area contributed by atoms with Crippen molar-refractivity contribution in [2.24, 2.45) is 5.92 Å². The van der Waals surface area contributed by atoms with Gasteiger partial charge in [0.15, 0.2) is 0 Å². The van der Waals surface area contributed by atoms with Crippen LogP contribution in [0.5, 0.6) is 0 Å². The lowest BCUT2D eigenvalue weighted by molar-refractivity contribution is -0.123. The number of hydrogen-bond donors (Lipinski definition) is 0. The summed E-state index contributed by atoms with van der Waals surface area (Å²) < 4.78 is 0. The van der Waals surface area contributed by atoms with Gasteiger partial charge in [-0.25, -0.2) is 0 Å². The number of carbonyl (C=O) groups is 1. The molecule has 0 bridgehead atoms. The molecule has 1 aromatic heterocycles. The second kappa shape index (κ2) is 7.89. The molecule has 1 aliphatic carbocycles. The minimum atomic E-state index is 0.260. The lowest BCUT2D eigenvalue weighted by atomic mass is 9.90. The van der Waals surface area contributed by atoms with Crippen LogP contribution in [0.2, 0.25) is 0 Å². The molecule has 0 saturated carbocycles. The summed E-state index contributed by atoms with van der Waals surface area (Å²) in [5, 5.41) is 2.09. The topological polar surface area (TPSA) is 20.3 Å². The molecule has 1 aliphatic heterocycles. The first kappa shape index (κ1) is 16.4. The maximum absolute atomic E-state index is 12.5. The molecule has 0 amide bonds. The number of Topliss-reactive ketones (excluding diaryl/α,β-unsaturated/α-hetero) is 1. The summed E-state index contributed by atoms with van der Waals surface area (Å²) in [5.74, 6) is 0.699. The third kappa shape index (κ3) is 4.52.